The largest absolute Gasteiger partial charge is 0.381 e. The summed E-state index contributed by atoms with van der Waals surface area (Å²) in [5.74, 6) is -0.457. The molecule has 0 radical (unpaired) electrons. The third kappa shape index (κ3) is 3.60. The molecule has 1 aromatic rings. The Kier molecular flexibility index (Phi) is 4.56. The van der Waals surface area contributed by atoms with Crippen molar-refractivity contribution in [2.45, 2.75) is 26.8 Å². The van der Waals surface area contributed by atoms with Crippen LogP contribution in [0.1, 0.15) is 20.8 Å². The highest BCUT2D eigenvalue weighted by molar-refractivity contribution is 7.92. The van der Waals surface area contributed by atoms with E-state index >= 15 is 0 Å². The lowest BCUT2D eigenvalue weighted by atomic mass is 10.2. The Morgan fingerprint density at radius 3 is 2.44 bits per heavy atom. The summed E-state index contributed by atoms with van der Waals surface area (Å²) in [4.78, 5) is 0. The molecule has 0 aliphatic rings. The third-order valence-electron chi connectivity index (χ3n) is 2.36. The van der Waals surface area contributed by atoms with E-state index in [1.807, 2.05) is 13.8 Å². The quantitative estimate of drug-likeness (QED) is 0.897. The predicted octanol–water partition coefficient (Wildman–Crippen LogP) is 2.43. The van der Waals surface area contributed by atoms with Gasteiger partial charge in [-0.3, -0.25) is 4.31 Å². The van der Waals surface area contributed by atoms with Gasteiger partial charge in [0, 0.05) is 18.7 Å². The van der Waals surface area contributed by atoms with Crippen molar-refractivity contribution >= 4 is 21.4 Å². The molecule has 18 heavy (non-hydrogen) atoms. The molecule has 0 atom stereocenters. The molecule has 0 heterocycles. The summed E-state index contributed by atoms with van der Waals surface area (Å²) < 4.78 is 37.9. The van der Waals surface area contributed by atoms with Gasteiger partial charge in [0.2, 0.25) is 10.0 Å². The molecule has 102 valence electrons. The van der Waals surface area contributed by atoms with Crippen LogP contribution in [0.4, 0.5) is 15.8 Å². The number of sulfonamides is 1. The smallest absolute Gasteiger partial charge is 0.232 e. The first-order valence-electron chi connectivity index (χ1n) is 5.79. The maximum absolute atomic E-state index is 13.3. The molecule has 6 heteroatoms. The highest BCUT2D eigenvalue weighted by atomic mass is 32.2. The van der Waals surface area contributed by atoms with E-state index in [4.69, 9.17) is 0 Å². The molecule has 0 spiro atoms. The average Bonchev–Trinajstić information content (AvgIpc) is 2.20. The lowest BCUT2D eigenvalue weighted by molar-refractivity contribution is 0.597. The summed E-state index contributed by atoms with van der Waals surface area (Å²) in [6, 6.07) is 4.23. The number of hydrogen-bond acceptors (Lipinski definition) is 3. The van der Waals surface area contributed by atoms with E-state index in [-0.39, 0.29) is 12.6 Å². The van der Waals surface area contributed by atoms with Crippen LogP contribution in [0.25, 0.3) is 0 Å². The molecule has 0 bridgehead atoms. The Hall–Kier alpha value is -1.30. The maximum atomic E-state index is 13.3. The number of anilines is 2. The summed E-state index contributed by atoms with van der Waals surface area (Å²) in [7, 11) is -3.42. The zero-order valence-corrected chi connectivity index (χ0v) is 11.9. The minimum atomic E-state index is -3.42. The van der Waals surface area contributed by atoms with E-state index in [9.17, 15) is 12.8 Å². The highest BCUT2D eigenvalue weighted by Crippen LogP contribution is 2.29. The second-order valence-corrected chi connectivity index (χ2v) is 6.30. The minimum Gasteiger partial charge on any atom is -0.381 e. The first kappa shape index (κ1) is 14.8. The van der Waals surface area contributed by atoms with Gasteiger partial charge < -0.3 is 5.32 Å². The molecule has 1 aromatic carbocycles. The molecule has 0 aliphatic carbocycles. The molecule has 4 nitrogen and oxygen atoms in total. The molecule has 0 saturated heterocycles. The van der Waals surface area contributed by atoms with Crippen molar-refractivity contribution in [3.8, 4) is 0 Å². The second kappa shape index (κ2) is 5.56. The first-order chi connectivity index (χ1) is 8.25. The second-order valence-electron chi connectivity index (χ2n) is 4.39. The fourth-order valence-corrected chi connectivity index (χ4v) is 2.71. The molecular formula is C12H19FN2O2S. The Bertz CT molecular complexity index is 515. The van der Waals surface area contributed by atoms with Crippen molar-refractivity contribution < 1.29 is 12.8 Å². The maximum Gasteiger partial charge on any atom is 0.232 e. The van der Waals surface area contributed by atoms with Crippen LogP contribution < -0.4 is 9.62 Å². The minimum absolute atomic E-state index is 0.132. The number of hydrogen-bond donors (Lipinski definition) is 1. The van der Waals surface area contributed by atoms with E-state index in [2.05, 4.69) is 5.32 Å². The van der Waals surface area contributed by atoms with Gasteiger partial charge in [0.15, 0.2) is 0 Å². The van der Waals surface area contributed by atoms with Gasteiger partial charge in [0.25, 0.3) is 0 Å². The monoisotopic (exact) mass is 274 g/mol. The van der Waals surface area contributed by atoms with Gasteiger partial charge in [-0.1, -0.05) is 0 Å². The fourth-order valence-electron chi connectivity index (χ4n) is 1.73. The van der Waals surface area contributed by atoms with Gasteiger partial charge in [-0.15, -0.1) is 0 Å². The Morgan fingerprint density at radius 1 is 1.39 bits per heavy atom. The molecule has 1 N–H and O–H groups in total. The lowest BCUT2D eigenvalue weighted by Gasteiger charge is -2.24. The zero-order chi connectivity index (χ0) is 13.9. The summed E-state index contributed by atoms with van der Waals surface area (Å²) in [5, 5.41) is 3.11. The molecule has 1 rings (SSSR count). The van der Waals surface area contributed by atoms with E-state index in [0.29, 0.717) is 11.4 Å². The summed E-state index contributed by atoms with van der Waals surface area (Å²) in [6.07, 6.45) is 1.11. The number of nitrogens with zero attached hydrogens (tertiary/aromatic N) is 1. The van der Waals surface area contributed by atoms with Crippen molar-refractivity contribution in [3.63, 3.8) is 0 Å². The van der Waals surface area contributed by atoms with Gasteiger partial charge in [-0.25, -0.2) is 12.8 Å². The van der Waals surface area contributed by atoms with Crippen LogP contribution in [0.3, 0.4) is 0 Å². The van der Waals surface area contributed by atoms with Gasteiger partial charge in [0.05, 0.1) is 17.6 Å². The molecule has 0 aliphatic heterocycles. The number of rotatable bonds is 5. The molecule has 0 amide bonds. The van der Waals surface area contributed by atoms with E-state index < -0.39 is 15.8 Å². The summed E-state index contributed by atoms with van der Waals surface area (Å²) in [5.41, 5.74) is 0.951. The van der Waals surface area contributed by atoms with E-state index in [1.54, 1.807) is 13.0 Å². The summed E-state index contributed by atoms with van der Waals surface area (Å²) >= 11 is 0. The fraction of sp³-hybridized carbons (Fsp3) is 0.500. The number of nitrogens with one attached hydrogen (secondary N) is 1. The predicted molar refractivity (Wildman–Crippen MR) is 73.0 cm³/mol. The van der Waals surface area contributed by atoms with Crippen molar-refractivity contribution in [2.75, 3.05) is 22.4 Å². The van der Waals surface area contributed by atoms with Crippen LogP contribution in [-0.2, 0) is 10.0 Å². The Labute approximate surface area is 108 Å². The van der Waals surface area contributed by atoms with Crippen LogP contribution in [-0.4, -0.2) is 27.3 Å². The van der Waals surface area contributed by atoms with Gasteiger partial charge in [0.1, 0.15) is 5.82 Å². The van der Waals surface area contributed by atoms with Crippen molar-refractivity contribution in [2.24, 2.45) is 0 Å². The molecule has 0 saturated carbocycles. The topological polar surface area (TPSA) is 49.4 Å². The average molecular weight is 274 g/mol. The van der Waals surface area contributed by atoms with Crippen LogP contribution in [0.5, 0.6) is 0 Å². The summed E-state index contributed by atoms with van der Waals surface area (Å²) in [6.45, 7) is 5.84. The molecule has 0 aromatic heterocycles. The van der Waals surface area contributed by atoms with E-state index in [0.717, 1.165) is 6.26 Å². The van der Waals surface area contributed by atoms with Crippen molar-refractivity contribution in [1.29, 1.82) is 0 Å². The van der Waals surface area contributed by atoms with Crippen LogP contribution in [0.2, 0.25) is 0 Å². The standard InChI is InChI=1S/C12H19FN2O2S/c1-5-15(18(4,16)17)12-8-10(13)6-7-11(12)14-9(2)3/h6-9,14H,5H2,1-4H3. The zero-order valence-electron chi connectivity index (χ0n) is 11.1. The highest BCUT2D eigenvalue weighted by Gasteiger charge is 2.19. The molecule has 0 unspecified atom stereocenters. The molecular weight excluding hydrogens is 255 g/mol. The van der Waals surface area contributed by atoms with Gasteiger partial charge >= 0.3 is 0 Å². The third-order valence-corrected chi connectivity index (χ3v) is 3.62. The number of benzene rings is 1. The Balaban J connectivity index is 3.31. The Morgan fingerprint density at radius 2 is 2.00 bits per heavy atom. The van der Waals surface area contributed by atoms with Crippen LogP contribution >= 0.6 is 0 Å². The number of halogens is 1. The molecule has 0 fully saturated rings. The van der Waals surface area contributed by atoms with Crippen molar-refractivity contribution in [3.05, 3.63) is 24.0 Å². The SMILES string of the molecule is CCN(c1cc(F)ccc1NC(C)C)S(C)(=O)=O. The van der Waals surface area contributed by atoms with Crippen molar-refractivity contribution in [1.82, 2.24) is 0 Å². The van der Waals surface area contributed by atoms with E-state index in [1.165, 1.54) is 16.4 Å². The lowest BCUT2D eigenvalue weighted by Crippen LogP contribution is -2.30. The first-order valence-corrected chi connectivity index (χ1v) is 7.64. The van der Waals surface area contributed by atoms with Crippen LogP contribution in [0.15, 0.2) is 18.2 Å². The van der Waals surface area contributed by atoms with Gasteiger partial charge in [-0.05, 0) is 32.9 Å². The van der Waals surface area contributed by atoms with Gasteiger partial charge in [-0.2, -0.15) is 0 Å². The normalized spacial score (nSPS) is 11.7. The van der Waals surface area contributed by atoms with Crippen LogP contribution in [0, 0.1) is 5.82 Å².